The molecule has 5 aromatic rings. The molecule has 1 saturated carbocycles. The van der Waals surface area contributed by atoms with Crippen molar-refractivity contribution in [2.45, 2.75) is 152 Å². The Balaban J connectivity index is 0.860. The molecule has 89 heavy (non-hydrogen) atoms. The fourth-order valence-corrected chi connectivity index (χ4v) is 14.2. The molecule has 6 amide bonds. The first-order valence-electron chi connectivity index (χ1n) is 30.0. The molecule has 7 rings (SSSR count). The van der Waals surface area contributed by atoms with E-state index in [1.807, 2.05) is 48.5 Å². The third-order valence-corrected chi connectivity index (χ3v) is 19.3. The van der Waals surface area contributed by atoms with Crippen molar-refractivity contribution < 1.29 is 48.6 Å². The van der Waals surface area contributed by atoms with Gasteiger partial charge >= 0.3 is 11.9 Å². The third-order valence-electron chi connectivity index (χ3n) is 15.3. The monoisotopic (exact) mass is 1270 g/mol. The van der Waals surface area contributed by atoms with E-state index in [2.05, 4.69) is 63.7 Å². The number of benzene rings is 3. The summed E-state index contributed by atoms with van der Waals surface area (Å²) in [4.78, 5) is 134. The number of nitrogens with two attached hydrogens (primary N) is 1. The van der Waals surface area contributed by atoms with E-state index in [1.54, 1.807) is 44.9 Å². The quantitative estimate of drug-likeness (QED) is 0.0128. The zero-order chi connectivity index (χ0) is 63.5. The number of carboxylic acids is 2. The number of nitrogens with one attached hydrogen (secondary N) is 7. The molecule has 26 heteroatoms. The van der Waals surface area contributed by atoms with Crippen LogP contribution in [0.1, 0.15) is 148 Å². The van der Waals surface area contributed by atoms with Crippen LogP contribution >= 0.6 is 33.3 Å². The highest BCUT2D eigenvalue weighted by Gasteiger charge is 2.32. The number of hydrogen-bond donors (Lipinski definition) is 10. The highest BCUT2D eigenvalue weighted by atomic mass is 33.1. The molecular formula is C63H78N12O11S3. The summed E-state index contributed by atoms with van der Waals surface area (Å²) >= 11 is 1.20. The van der Waals surface area contributed by atoms with Crippen molar-refractivity contribution in [2.24, 2.45) is 0 Å². The van der Waals surface area contributed by atoms with Crippen LogP contribution in [0.4, 0.5) is 17.3 Å². The van der Waals surface area contributed by atoms with Gasteiger partial charge < -0.3 is 52.7 Å². The van der Waals surface area contributed by atoms with E-state index in [9.17, 15) is 53.4 Å². The Morgan fingerprint density at radius 1 is 0.719 bits per heavy atom. The number of fused-ring (bicyclic) bond motifs is 3. The molecule has 2 aromatic heterocycles. The number of hydrogen-bond acceptors (Lipinski definition) is 17. The van der Waals surface area contributed by atoms with Crippen LogP contribution in [0.15, 0.2) is 83.8 Å². The van der Waals surface area contributed by atoms with Crippen molar-refractivity contribution in [1.29, 1.82) is 0 Å². The van der Waals surface area contributed by atoms with Gasteiger partial charge in [0.25, 0.3) is 11.5 Å². The zero-order valence-electron chi connectivity index (χ0n) is 49.9. The van der Waals surface area contributed by atoms with Crippen LogP contribution in [0.2, 0.25) is 0 Å². The van der Waals surface area contributed by atoms with Crippen molar-refractivity contribution in [3.8, 4) is 11.8 Å². The molecule has 3 heterocycles. The number of carboxylic acid groups (broad SMARTS) is 2. The number of nitrogen functional groups attached to an aromatic ring is 1. The van der Waals surface area contributed by atoms with E-state index in [1.165, 1.54) is 55.8 Å². The Labute approximate surface area is 529 Å². The number of amides is 6. The van der Waals surface area contributed by atoms with Crippen LogP contribution in [0, 0.1) is 11.8 Å². The first-order valence-corrected chi connectivity index (χ1v) is 33.7. The molecule has 1 aliphatic carbocycles. The molecule has 2 aliphatic rings. The van der Waals surface area contributed by atoms with E-state index >= 15 is 0 Å². The summed E-state index contributed by atoms with van der Waals surface area (Å²) in [5, 5.41) is 36.4. The first kappa shape index (κ1) is 68.3. The Morgan fingerprint density at radius 2 is 1.38 bits per heavy atom. The number of nitrogens with zero attached hydrogens (tertiary/aromatic N) is 4. The first-order chi connectivity index (χ1) is 43.0. The Kier molecular flexibility index (Phi) is 27.0. The average Bonchev–Trinajstić information content (AvgIpc) is 2.77. The molecule has 0 spiro atoms. The van der Waals surface area contributed by atoms with E-state index in [-0.39, 0.29) is 103 Å². The van der Waals surface area contributed by atoms with Gasteiger partial charge in [0.1, 0.15) is 18.1 Å². The molecule has 0 bridgehead atoms. The second kappa shape index (κ2) is 35.1. The van der Waals surface area contributed by atoms with Crippen LogP contribution in [0.3, 0.4) is 0 Å². The Hall–Kier alpha value is -8.15. The summed E-state index contributed by atoms with van der Waals surface area (Å²) in [5.74, 6) is 1.51. The number of H-pyrrole nitrogens is 1. The molecular weight excluding hydrogens is 1200 g/mol. The maximum atomic E-state index is 13.8. The number of rotatable bonds is 30. The van der Waals surface area contributed by atoms with Gasteiger partial charge in [0.15, 0.2) is 11.2 Å². The zero-order valence-corrected chi connectivity index (χ0v) is 52.3. The highest BCUT2D eigenvalue weighted by molar-refractivity contribution is 8.77. The van der Waals surface area contributed by atoms with Gasteiger partial charge in [-0.25, -0.2) is 19.6 Å². The van der Waals surface area contributed by atoms with Crippen LogP contribution in [0.25, 0.3) is 11.2 Å². The second-order valence-corrected chi connectivity index (χ2v) is 25.8. The lowest BCUT2D eigenvalue weighted by Gasteiger charge is -2.33. The topological polar surface area (TPSA) is 350 Å². The number of carbonyl (C=O) groups is 8. The fourth-order valence-electron chi connectivity index (χ4n) is 10.4. The number of thioether (sulfide) groups is 1. The lowest BCUT2D eigenvalue weighted by Crippen LogP contribution is -2.52. The van der Waals surface area contributed by atoms with E-state index in [4.69, 9.17) is 5.73 Å². The third kappa shape index (κ3) is 21.8. The molecule has 1 aliphatic heterocycles. The molecule has 11 N–H and O–H groups in total. The summed E-state index contributed by atoms with van der Waals surface area (Å²) in [5.41, 5.74) is 9.54. The second-order valence-electron chi connectivity index (χ2n) is 22.0. The number of anilines is 3. The van der Waals surface area contributed by atoms with Gasteiger partial charge in [-0.2, -0.15) is 16.7 Å². The molecule has 1 fully saturated rings. The number of aliphatic carboxylic acids is 2. The van der Waals surface area contributed by atoms with Gasteiger partial charge in [0.2, 0.25) is 35.5 Å². The molecule has 0 radical (unpaired) electrons. The van der Waals surface area contributed by atoms with E-state index in [0.717, 1.165) is 67.3 Å². The summed E-state index contributed by atoms with van der Waals surface area (Å²) < 4.78 is -0.138. The number of para-hydroxylation sites is 1. The largest absolute Gasteiger partial charge is 0.480 e. The molecule has 23 nitrogen and oxygen atoms in total. The van der Waals surface area contributed by atoms with Gasteiger partial charge in [0, 0.05) is 77.4 Å². The minimum atomic E-state index is -1.50. The van der Waals surface area contributed by atoms with Gasteiger partial charge in [-0.05, 0) is 92.8 Å². The lowest BCUT2D eigenvalue weighted by atomic mass is 9.91. The standard InChI is InChI=1S/C63H78N12O11S3/c1-87-40-49(61(85)86)72-58(81)47(70-53(78)27-26-48(60(83)84)71-57(80)43-22-24-45(25-23-43)67-37-46-38-68-56-55(69-46)59(82)74-62(64)73-56)18-14-34-65-52(77)30-36-88-89-63(31-12-6-4-2-3-5-7-13-32-63)33-35-66-51(76)28-29-54(79)75-39-44-17-9-8-15-41(44)20-21-42-16-10-11-19-50(42)75/h8-11,15-17,19,22-25,38,47-49,67H,2-7,12-14,18,26-37,39-40H2,1H3,(H,65,77)(H,66,76)(H,70,78)(H,71,80)(H,72,81)(H,83,84)(H,85,86)(H3,64,68,73,74,82)/t47?,48-,49-/m0/s1. The lowest BCUT2D eigenvalue weighted by molar-refractivity contribution is -0.141. The van der Waals surface area contributed by atoms with Crippen LogP contribution in [-0.2, 0) is 46.7 Å². The predicted octanol–water partition coefficient (Wildman–Crippen LogP) is 6.84. The molecule has 3 atom stereocenters. The smallest absolute Gasteiger partial charge is 0.327 e. The van der Waals surface area contributed by atoms with E-state index < -0.39 is 59.8 Å². The summed E-state index contributed by atoms with van der Waals surface area (Å²) in [6.45, 7) is 1.11. The van der Waals surface area contributed by atoms with Crippen molar-refractivity contribution in [2.75, 3.05) is 46.8 Å². The normalized spacial score (nSPS) is 14.8. The van der Waals surface area contributed by atoms with Gasteiger partial charge in [-0.3, -0.25) is 38.5 Å². The van der Waals surface area contributed by atoms with Crippen molar-refractivity contribution in [3.63, 3.8) is 0 Å². The minimum absolute atomic E-state index is 0.00744. The predicted molar refractivity (Wildman–Crippen MR) is 347 cm³/mol. The summed E-state index contributed by atoms with van der Waals surface area (Å²) in [6, 6.07) is 17.4. The molecule has 1 unspecified atom stereocenters. The van der Waals surface area contributed by atoms with Crippen molar-refractivity contribution in [3.05, 3.63) is 117 Å². The van der Waals surface area contributed by atoms with Crippen LogP contribution in [0.5, 0.6) is 0 Å². The number of aromatic amines is 1. The molecule has 0 saturated heterocycles. The average molecular weight is 1280 g/mol. The van der Waals surface area contributed by atoms with Crippen molar-refractivity contribution >= 4 is 109 Å². The number of aromatic nitrogens is 4. The SMILES string of the molecule is CSC[C@H](NC(=O)C(CCCNC(=O)CCSSC1(CCNC(=O)CCC(=O)N2Cc3ccccc3C#Cc3ccccc32)CCCCCCCCCC1)NC(=O)CC[C@H](NC(=O)c1ccc(NCc2cnc3nc(N)[nH]c(=O)c3n2)cc1)C(=O)O)C(=O)O. The van der Waals surface area contributed by atoms with Crippen LogP contribution in [-0.4, -0.2) is 131 Å². The van der Waals surface area contributed by atoms with Crippen LogP contribution < -0.4 is 48.1 Å². The Bertz CT molecular complexity index is 3400. The summed E-state index contributed by atoms with van der Waals surface area (Å²) in [6.07, 6.45) is 14.7. The maximum Gasteiger partial charge on any atom is 0.327 e. The maximum absolute atomic E-state index is 13.8. The highest BCUT2D eigenvalue weighted by Crippen LogP contribution is 2.46. The van der Waals surface area contributed by atoms with Gasteiger partial charge in [-0.15, -0.1) is 0 Å². The molecule has 3 aromatic carbocycles. The summed E-state index contributed by atoms with van der Waals surface area (Å²) in [7, 11) is 3.43. The van der Waals surface area contributed by atoms with Crippen molar-refractivity contribution in [1.82, 2.24) is 46.5 Å². The Morgan fingerprint density at radius 3 is 2.10 bits per heavy atom. The molecule has 474 valence electrons. The van der Waals surface area contributed by atoms with Gasteiger partial charge in [0.05, 0.1) is 30.7 Å². The van der Waals surface area contributed by atoms with Gasteiger partial charge in [-0.1, -0.05) is 115 Å². The van der Waals surface area contributed by atoms with E-state index in [0.29, 0.717) is 30.2 Å². The fraction of sp³-hybridized carbons (Fsp3) is 0.460. The minimum Gasteiger partial charge on any atom is -0.480 e. The number of carbonyl (C=O) groups excluding carboxylic acids is 6.